The number of thioether (sulfide) groups is 1. The van der Waals surface area contributed by atoms with Crippen molar-refractivity contribution in [3.63, 3.8) is 0 Å². The lowest BCUT2D eigenvalue weighted by Crippen LogP contribution is -2.59. The third-order valence-electron chi connectivity index (χ3n) is 11.3. The van der Waals surface area contributed by atoms with Gasteiger partial charge in [-0.25, -0.2) is 0 Å². The van der Waals surface area contributed by atoms with Crippen molar-refractivity contribution in [2.24, 2.45) is 29.6 Å². The number of hydrogen-bond donors (Lipinski definition) is 1. The molecule has 50 heavy (non-hydrogen) atoms. The number of methoxy groups -OCH3 is 1. The van der Waals surface area contributed by atoms with Crippen LogP contribution in [0.4, 0.5) is 0 Å². The standard InChI is InChI=1S/C38H57NO10S/c1-12-27-38(8)28(32(35(44)49-38)50-25-16-14-13-15-17-25)22(4)29(40)20(2)19-37(7,45-11)33(23(5)30(41)24(6)34(43)47-27)48-36-31(42)26(39(9)10)18-21(3)46-36/h13-17,20-24,26-28,31-33,36,42H,12,18-19H2,1-11H3/t20-,21-,22-,23+,24-,26+,27-,28+,31-,32+,33-,36+,37-,38-/m1/s1. The van der Waals surface area contributed by atoms with Crippen LogP contribution in [0.5, 0.6) is 0 Å². The molecule has 4 rings (SSSR count). The van der Waals surface area contributed by atoms with E-state index in [1.54, 1.807) is 20.8 Å². The normalized spacial score (nSPS) is 42.1. The zero-order valence-electron chi connectivity index (χ0n) is 31.4. The highest BCUT2D eigenvalue weighted by Crippen LogP contribution is 2.50. The Kier molecular flexibility index (Phi) is 13.0. The number of ketones is 2. The number of likely N-dealkylation sites (N-methyl/N-ethyl adjacent to an activating group) is 1. The molecule has 1 N–H and O–H groups in total. The number of hydrogen-bond acceptors (Lipinski definition) is 12. The summed E-state index contributed by atoms with van der Waals surface area (Å²) in [7, 11) is 5.24. The Morgan fingerprint density at radius 1 is 0.960 bits per heavy atom. The third-order valence-corrected chi connectivity index (χ3v) is 12.6. The number of carbonyl (C=O) groups excluding carboxylic acids is 4. The van der Waals surface area contributed by atoms with Gasteiger partial charge in [0.1, 0.15) is 29.2 Å². The highest BCUT2D eigenvalue weighted by molar-refractivity contribution is 8.00. The van der Waals surface area contributed by atoms with Crippen LogP contribution in [0.2, 0.25) is 0 Å². The second kappa shape index (κ2) is 16.1. The number of aliphatic hydroxyl groups is 1. The van der Waals surface area contributed by atoms with Crippen molar-refractivity contribution in [3.05, 3.63) is 30.3 Å². The first-order valence-corrected chi connectivity index (χ1v) is 18.7. The number of rotatable bonds is 7. The summed E-state index contributed by atoms with van der Waals surface area (Å²) in [4.78, 5) is 59.1. The van der Waals surface area contributed by atoms with Crippen LogP contribution in [0.15, 0.2) is 35.2 Å². The third kappa shape index (κ3) is 8.00. The van der Waals surface area contributed by atoms with Crippen molar-refractivity contribution in [1.82, 2.24) is 4.90 Å². The molecule has 3 saturated heterocycles. The Labute approximate surface area is 301 Å². The van der Waals surface area contributed by atoms with Crippen LogP contribution in [0.25, 0.3) is 0 Å². The highest BCUT2D eigenvalue weighted by Gasteiger charge is 2.61. The SMILES string of the molecule is CC[C@H]1OC(=O)[C@H](C)C(=O)[C@H](C)[C@@H](O[C@@H]2O[C@H](C)C[C@H](N(C)C)[C@H]2O)[C@](C)(OC)C[C@@H](C)C(=O)[C@H](C)[C@H]2[C@H](Sc3ccccc3)C(=O)O[C@@]21C. The lowest BCUT2D eigenvalue weighted by molar-refractivity contribution is -0.295. The highest BCUT2D eigenvalue weighted by atomic mass is 32.2. The molecule has 3 fully saturated rings. The van der Waals surface area contributed by atoms with Crippen LogP contribution in [0, 0.1) is 29.6 Å². The monoisotopic (exact) mass is 719 g/mol. The topological polar surface area (TPSA) is 138 Å². The van der Waals surface area contributed by atoms with Crippen molar-refractivity contribution in [1.29, 1.82) is 0 Å². The molecule has 0 spiro atoms. The van der Waals surface area contributed by atoms with Gasteiger partial charge in [-0.2, -0.15) is 0 Å². The molecular weight excluding hydrogens is 662 g/mol. The molecule has 3 aliphatic heterocycles. The number of ether oxygens (including phenoxy) is 5. The van der Waals surface area contributed by atoms with Crippen LogP contribution < -0.4 is 0 Å². The van der Waals surface area contributed by atoms with Crippen molar-refractivity contribution < 1.29 is 48.0 Å². The number of cyclic esters (lactones) is 1. The summed E-state index contributed by atoms with van der Waals surface area (Å²) in [6.45, 7) is 14.0. The van der Waals surface area contributed by atoms with Gasteiger partial charge in [-0.1, -0.05) is 45.9 Å². The molecule has 280 valence electrons. The minimum Gasteiger partial charge on any atom is -0.458 e. The maximum absolute atomic E-state index is 14.6. The molecule has 0 radical (unpaired) electrons. The molecular formula is C38H57NO10S. The van der Waals surface area contributed by atoms with Gasteiger partial charge in [0.2, 0.25) is 0 Å². The van der Waals surface area contributed by atoms with E-state index in [4.69, 9.17) is 23.7 Å². The summed E-state index contributed by atoms with van der Waals surface area (Å²) < 4.78 is 31.1. The van der Waals surface area contributed by atoms with Crippen LogP contribution in [-0.2, 0) is 42.9 Å². The predicted molar refractivity (Wildman–Crippen MR) is 188 cm³/mol. The molecule has 14 atom stereocenters. The molecule has 0 amide bonds. The summed E-state index contributed by atoms with van der Waals surface area (Å²) in [6, 6.07) is 9.18. The average molecular weight is 720 g/mol. The Balaban J connectivity index is 1.80. The quantitative estimate of drug-likeness (QED) is 0.309. The first-order valence-electron chi connectivity index (χ1n) is 17.8. The minimum atomic E-state index is -1.34. The largest absolute Gasteiger partial charge is 0.458 e. The number of fused-ring (bicyclic) bond motifs is 1. The van der Waals surface area contributed by atoms with E-state index in [0.29, 0.717) is 6.42 Å². The van der Waals surface area contributed by atoms with Crippen molar-refractivity contribution in [2.75, 3.05) is 21.2 Å². The second-order valence-corrected chi connectivity index (χ2v) is 16.4. The summed E-state index contributed by atoms with van der Waals surface area (Å²) >= 11 is 1.33. The number of nitrogens with zero attached hydrogens (tertiary/aromatic N) is 1. The number of aliphatic hydroxyl groups excluding tert-OH is 1. The van der Waals surface area contributed by atoms with E-state index in [0.717, 1.165) is 4.90 Å². The van der Waals surface area contributed by atoms with E-state index >= 15 is 0 Å². The molecule has 3 aliphatic rings. The van der Waals surface area contributed by atoms with Crippen molar-refractivity contribution in [3.8, 4) is 0 Å². The summed E-state index contributed by atoms with van der Waals surface area (Å²) in [5, 5.41) is 10.6. The Hall–Kier alpha value is -2.35. The molecule has 11 nitrogen and oxygen atoms in total. The van der Waals surface area contributed by atoms with Crippen LogP contribution in [0.1, 0.15) is 74.7 Å². The van der Waals surface area contributed by atoms with Crippen LogP contribution in [-0.4, -0.2) is 108 Å². The molecule has 0 bridgehead atoms. The predicted octanol–water partition coefficient (Wildman–Crippen LogP) is 4.70. The number of benzene rings is 1. The molecule has 0 saturated carbocycles. The zero-order valence-corrected chi connectivity index (χ0v) is 32.2. The van der Waals surface area contributed by atoms with E-state index in [-0.39, 0.29) is 30.8 Å². The Morgan fingerprint density at radius 3 is 2.18 bits per heavy atom. The van der Waals surface area contributed by atoms with Gasteiger partial charge in [-0.05, 0) is 73.2 Å². The Morgan fingerprint density at radius 2 is 1.60 bits per heavy atom. The van der Waals surface area contributed by atoms with Crippen LogP contribution in [0.3, 0.4) is 0 Å². The molecule has 12 heteroatoms. The average Bonchev–Trinajstić information content (AvgIpc) is 3.33. The smallest absolute Gasteiger partial charge is 0.320 e. The van der Waals surface area contributed by atoms with E-state index in [9.17, 15) is 24.3 Å². The number of carbonyl (C=O) groups is 4. The Bertz CT molecular complexity index is 1380. The summed E-state index contributed by atoms with van der Waals surface area (Å²) in [5.74, 6) is -5.94. The molecule has 1 aromatic rings. The van der Waals surface area contributed by atoms with Gasteiger partial charge < -0.3 is 33.7 Å². The van der Waals surface area contributed by atoms with Crippen molar-refractivity contribution >= 4 is 35.3 Å². The van der Waals surface area contributed by atoms with Gasteiger partial charge in [-0.3, -0.25) is 19.2 Å². The summed E-state index contributed by atoms with van der Waals surface area (Å²) in [6.07, 6.45) is -3.32. The number of Topliss-reactive ketones (excluding diaryl/α,β-unsaturated/α-hetero) is 2. The molecule has 3 heterocycles. The van der Waals surface area contributed by atoms with Gasteiger partial charge in [0, 0.05) is 41.7 Å². The molecule has 0 aliphatic carbocycles. The minimum absolute atomic E-state index is 0.124. The van der Waals surface area contributed by atoms with Crippen LogP contribution >= 0.6 is 11.8 Å². The maximum atomic E-state index is 14.6. The maximum Gasteiger partial charge on any atom is 0.320 e. The zero-order chi connectivity index (χ0) is 37.3. The van der Waals surface area contributed by atoms with E-state index in [1.807, 2.05) is 77.0 Å². The van der Waals surface area contributed by atoms with E-state index in [1.165, 1.54) is 25.8 Å². The summed E-state index contributed by atoms with van der Waals surface area (Å²) in [5.41, 5.74) is -2.59. The molecule has 0 unspecified atom stereocenters. The molecule has 0 aromatic heterocycles. The fourth-order valence-electron chi connectivity index (χ4n) is 8.34. The van der Waals surface area contributed by atoms with Gasteiger partial charge in [0.15, 0.2) is 17.7 Å². The van der Waals surface area contributed by atoms with E-state index < -0.39 is 88.4 Å². The number of esters is 2. The van der Waals surface area contributed by atoms with Gasteiger partial charge in [0.25, 0.3) is 0 Å². The van der Waals surface area contributed by atoms with Gasteiger partial charge in [-0.15, -0.1) is 11.8 Å². The van der Waals surface area contributed by atoms with Crippen molar-refractivity contribution in [2.45, 2.75) is 133 Å². The first kappa shape index (κ1) is 40.4. The second-order valence-electron chi connectivity index (χ2n) is 15.2. The van der Waals surface area contributed by atoms with Gasteiger partial charge >= 0.3 is 11.9 Å². The first-order chi connectivity index (χ1) is 23.4. The van der Waals surface area contributed by atoms with E-state index in [2.05, 4.69) is 0 Å². The fourth-order valence-corrected chi connectivity index (χ4v) is 9.75. The van der Waals surface area contributed by atoms with Gasteiger partial charge in [0.05, 0.1) is 17.8 Å². The fraction of sp³-hybridized carbons (Fsp3) is 0.737. The molecule has 1 aromatic carbocycles. The lowest BCUT2D eigenvalue weighted by atomic mass is 9.70. The lowest BCUT2D eigenvalue weighted by Gasteiger charge is -2.47.